The molecule has 0 bridgehead atoms. The maximum atomic E-state index is 16.4. The van der Waals surface area contributed by atoms with Crippen molar-refractivity contribution >= 4 is 27.5 Å². The Kier molecular flexibility index (Phi) is 7.32. The van der Waals surface area contributed by atoms with Gasteiger partial charge in [0.15, 0.2) is 5.82 Å². The third kappa shape index (κ3) is 4.89. The lowest BCUT2D eigenvalue weighted by Crippen LogP contribution is -2.43. The van der Waals surface area contributed by atoms with E-state index in [1.54, 1.807) is 7.11 Å². The molecule has 2 aliphatic rings. The Labute approximate surface area is 236 Å². The number of anilines is 1. The number of methoxy groups -OCH3 is 1. The van der Waals surface area contributed by atoms with Gasteiger partial charge in [0.1, 0.15) is 35.2 Å². The van der Waals surface area contributed by atoms with Crippen molar-refractivity contribution in [2.75, 3.05) is 45.3 Å². The summed E-state index contributed by atoms with van der Waals surface area (Å²) in [6.07, 6.45) is 12.1. The van der Waals surface area contributed by atoms with Crippen molar-refractivity contribution in [2.24, 2.45) is 0 Å². The molecule has 6 rings (SSSR count). The lowest BCUT2D eigenvalue weighted by molar-refractivity contribution is 0.108. The number of ether oxygens (including phenoxy) is 2. The molecule has 10 heteroatoms. The SMILES string of the molecule is C#Cc1c(F)ccc2cc(O)cc(-c3ncc4c(NCCCOC)nc(OCC56CCCN5CCC6)nc4c3F)c12. The van der Waals surface area contributed by atoms with Crippen LogP contribution in [0.2, 0.25) is 0 Å². The van der Waals surface area contributed by atoms with E-state index in [1.165, 1.54) is 30.5 Å². The number of aromatic nitrogens is 3. The molecular formula is C31H31F2N5O3. The number of hydrogen-bond donors (Lipinski definition) is 2. The van der Waals surface area contributed by atoms with Crippen molar-refractivity contribution in [2.45, 2.75) is 37.6 Å². The summed E-state index contributed by atoms with van der Waals surface area (Å²) in [6, 6.07) is 5.54. The van der Waals surface area contributed by atoms with Gasteiger partial charge in [-0.15, -0.1) is 6.42 Å². The zero-order chi connectivity index (χ0) is 28.6. The highest BCUT2D eigenvalue weighted by Crippen LogP contribution is 2.40. The van der Waals surface area contributed by atoms with Gasteiger partial charge in [-0.3, -0.25) is 9.88 Å². The first-order chi connectivity index (χ1) is 19.9. The topological polar surface area (TPSA) is 92.6 Å². The van der Waals surface area contributed by atoms with Crippen LogP contribution in [0, 0.1) is 24.0 Å². The van der Waals surface area contributed by atoms with Crippen LogP contribution in [0.3, 0.4) is 0 Å². The largest absolute Gasteiger partial charge is 0.508 e. The summed E-state index contributed by atoms with van der Waals surface area (Å²) in [7, 11) is 1.63. The van der Waals surface area contributed by atoms with Gasteiger partial charge in [0.2, 0.25) is 0 Å². The molecule has 0 amide bonds. The fourth-order valence-electron chi connectivity index (χ4n) is 6.26. The van der Waals surface area contributed by atoms with Gasteiger partial charge in [-0.1, -0.05) is 12.0 Å². The molecule has 2 aromatic carbocycles. The summed E-state index contributed by atoms with van der Waals surface area (Å²) < 4.78 is 42.4. The molecule has 0 atom stereocenters. The van der Waals surface area contributed by atoms with E-state index in [-0.39, 0.29) is 45.0 Å². The second-order valence-electron chi connectivity index (χ2n) is 10.7. The molecule has 2 saturated heterocycles. The molecule has 4 heterocycles. The van der Waals surface area contributed by atoms with Crippen LogP contribution >= 0.6 is 0 Å². The number of nitrogens with zero attached hydrogens (tertiary/aromatic N) is 4. The van der Waals surface area contributed by atoms with Crippen molar-refractivity contribution in [3.63, 3.8) is 0 Å². The first kappa shape index (κ1) is 27.1. The standard InChI is InChI=1S/C31H31F2N5O3/c1-3-21-24(32)8-7-19-15-20(39)16-22(25(19)21)27-26(33)28-23(17-35-27)29(34-11-6-14-40-2)37-30(36-28)41-18-31-9-4-12-38(31)13-5-10-31/h1,7-8,15-17,39H,4-6,9-14,18H2,2H3,(H,34,36,37). The number of phenols is 1. The molecule has 0 radical (unpaired) electrons. The normalized spacial score (nSPS) is 16.2. The summed E-state index contributed by atoms with van der Waals surface area (Å²) in [6.45, 7) is 3.60. The fraction of sp³-hybridized carbons (Fsp3) is 0.387. The summed E-state index contributed by atoms with van der Waals surface area (Å²) in [5.74, 6) is 1.24. The van der Waals surface area contributed by atoms with Crippen LogP contribution in [-0.4, -0.2) is 70.5 Å². The third-order valence-electron chi connectivity index (χ3n) is 8.21. The summed E-state index contributed by atoms with van der Waals surface area (Å²) in [5, 5.41) is 14.8. The Hall–Kier alpha value is -4.07. The first-order valence-electron chi connectivity index (χ1n) is 13.8. The van der Waals surface area contributed by atoms with E-state index in [9.17, 15) is 9.50 Å². The minimum absolute atomic E-state index is 0.00315. The number of fused-ring (bicyclic) bond motifs is 3. The van der Waals surface area contributed by atoms with Gasteiger partial charge < -0.3 is 19.9 Å². The average Bonchev–Trinajstić information content (AvgIpc) is 3.55. The molecule has 8 nitrogen and oxygen atoms in total. The molecule has 0 spiro atoms. The van der Waals surface area contributed by atoms with Gasteiger partial charge >= 0.3 is 6.01 Å². The van der Waals surface area contributed by atoms with E-state index >= 15 is 4.39 Å². The van der Waals surface area contributed by atoms with Crippen LogP contribution in [0.1, 0.15) is 37.7 Å². The highest BCUT2D eigenvalue weighted by atomic mass is 19.1. The van der Waals surface area contributed by atoms with Gasteiger partial charge in [0, 0.05) is 37.4 Å². The van der Waals surface area contributed by atoms with Gasteiger partial charge in [0.25, 0.3) is 0 Å². The fourth-order valence-corrected chi connectivity index (χ4v) is 6.26. The van der Waals surface area contributed by atoms with Crippen molar-refractivity contribution < 1.29 is 23.4 Å². The third-order valence-corrected chi connectivity index (χ3v) is 8.21. The second kappa shape index (κ2) is 11.1. The Morgan fingerprint density at radius 2 is 1.98 bits per heavy atom. The monoisotopic (exact) mass is 559 g/mol. The molecular weight excluding hydrogens is 528 g/mol. The molecule has 0 aliphatic carbocycles. The van der Waals surface area contributed by atoms with E-state index in [1.807, 2.05) is 0 Å². The Morgan fingerprint density at radius 1 is 1.17 bits per heavy atom. The minimum atomic E-state index is -0.754. The predicted molar refractivity (Wildman–Crippen MR) is 153 cm³/mol. The first-order valence-corrected chi connectivity index (χ1v) is 13.8. The highest BCUT2D eigenvalue weighted by molar-refractivity contribution is 6.02. The second-order valence-corrected chi connectivity index (χ2v) is 10.7. The number of nitrogens with one attached hydrogen (secondary N) is 1. The van der Waals surface area contributed by atoms with Crippen LogP contribution < -0.4 is 10.1 Å². The molecule has 2 aliphatic heterocycles. The molecule has 0 unspecified atom stereocenters. The molecule has 2 aromatic heterocycles. The van der Waals surface area contributed by atoms with Crippen LogP contribution in [0.4, 0.5) is 14.6 Å². The van der Waals surface area contributed by atoms with E-state index in [0.717, 1.165) is 38.8 Å². The van der Waals surface area contributed by atoms with E-state index in [2.05, 4.69) is 31.1 Å². The van der Waals surface area contributed by atoms with Gasteiger partial charge in [-0.05, 0) is 68.8 Å². The molecule has 41 heavy (non-hydrogen) atoms. The van der Waals surface area contributed by atoms with E-state index in [0.29, 0.717) is 42.8 Å². The van der Waals surface area contributed by atoms with Crippen LogP contribution in [0.25, 0.3) is 32.9 Å². The highest BCUT2D eigenvalue weighted by Gasteiger charge is 2.45. The smallest absolute Gasteiger partial charge is 0.319 e. The van der Waals surface area contributed by atoms with Crippen molar-refractivity contribution in [3.8, 4) is 35.4 Å². The maximum absolute atomic E-state index is 16.4. The lowest BCUT2D eigenvalue weighted by atomic mass is 9.95. The number of benzene rings is 2. The Balaban J connectivity index is 1.46. The zero-order valence-corrected chi connectivity index (χ0v) is 22.8. The lowest BCUT2D eigenvalue weighted by Gasteiger charge is -2.31. The quantitative estimate of drug-likeness (QED) is 0.212. The van der Waals surface area contributed by atoms with Crippen LogP contribution in [0.15, 0.2) is 30.5 Å². The number of phenolic OH excluding ortho intramolecular Hbond substituents is 1. The Bertz CT molecular complexity index is 1660. The molecule has 2 fully saturated rings. The number of terminal acetylenes is 1. The molecule has 212 valence electrons. The summed E-state index contributed by atoms with van der Waals surface area (Å²) in [5.41, 5.74) is -0.0389. The average molecular weight is 560 g/mol. The van der Waals surface area contributed by atoms with E-state index in [4.69, 9.17) is 15.9 Å². The van der Waals surface area contributed by atoms with Crippen molar-refractivity contribution in [1.82, 2.24) is 19.9 Å². The Morgan fingerprint density at radius 3 is 2.73 bits per heavy atom. The molecule has 0 saturated carbocycles. The van der Waals surface area contributed by atoms with Gasteiger partial charge in [0.05, 0.1) is 16.5 Å². The van der Waals surface area contributed by atoms with Crippen molar-refractivity contribution in [3.05, 3.63) is 47.7 Å². The van der Waals surface area contributed by atoms with Crippen molar-refractivity contribution in [1.29, 1.82) is 0 Å². The predicted octanol–water partition coefficient (Wildman–Crippen LogP) is 5.27. The number of pyridine rings is 1. The number of aromatic hydroxyl groups is 1. The molecule has 2 N–H and O–H groups in total. The summed E-state index contributed by atoms with van der Waals surface area (Å²) >= 11 is 0. The summed E-state index contributed by atoms with van der Waals surface area (Å²) in [4.78, 5) is 15.9. The van der Waals surface area contributed by atoms with Crippen LogP contribution in [0.5, 0.6) is 11.8 Å². The van der Waals surface area contributed by atoms with Crippen LogP contribution in [-0.2, 0) is 4.74 Å². The van der Waals surface area contributed by atoms with E-state index < -0.39 is 11.6 Å². The minimum Gasteiger partial charge on any atom is -0.508 e. The van der Waals surface area contributed by atoms with Gasteiger partial charge in [-0.2, -0.15) is 9.97 Å². The molecule has 4 aromatic rings. The number of rotatable bonds is 9. The number of halogens is 2. The zero-order valence-electron chi connectivity index (χ0n) is 22.8. The number of hydrogen-bond acceptors (Lipinski definition) is 8. The maximum Gasteiger partial charge on any atom is 0.319 e. The van der Waals surface area contributed by atoms with Gasteiger partial charge in [-0.25, -0.2) is 8.78 Å².